The van der Waals surface area contributed by atoms with E-state index >= 15 is 0 Å². The minimum Gasteiger partial charge on any atom is -0.419 e. The van der Waals surface area contributed by atoms with Crippen molar-refractivity contribution in [3.8, 4) is 11.8 Å². The average molecular weight is 469 g/mol. The van der Waals surface area contributed by atoms with Crippen molar-refractivity contribution in [1.82, 2.24) is 25.3 Å². The van der Waals surface area contributed by atoms with E-state index in [2.05, 4.69) is 30.6 Å². The number of aromatic nitrogens is 4. The van der Waals surface area contributed by atoms with Crippen molar-refractivity contribution >= 4 is 55.7 Å². The van der Waals surface area contributed by atoms with Crippen LogP contribution >= 0.6 is 22.9 Å². The normalized spacial score (nSPS) is 18.6. The molecule has 0 radical (unpaired) electrons. The van der Waals surface area contributed by atoms with E-state index in [1.165, 1.54) is 11.3 Å². The Bertz CT molecular complexity index is 1390. The molecule has 2 N–H and O–H groups in total. The molecule has 1 aromatic carbocycles. The van der Waals surface area contributed by atoms with Gasteiger partial charge in [0.2, 0.25) is 17.0 Å². The van der Waals surface area contributed by atoms with Gasteiger partial charge in [0.15, 0.2) is 0 Å². The molecule has 162 valence electrons. The van der Waals surface area contributed by atoms with Crippen LogP contribution in [0.4, 0.5) is 5.69 Å². The fourth-order valence-corrected chi connectivity index (χ4v) is 5.07. The fourth-order valence-electron chi connectivity index (χ4n) is 3.86. The van der Waals surface area contributed by atoms with Gasteiger partial charge in [0.1, 0.15) is 4.88 Å². The first-order chi connectivity index (χ1) is 15.6. The molecule has 2 aliphatic heterocycles. The highest BCUT2D eigenvalue weighted by Crippen LogP contribution is 2.40. The number of hydrogen-bond donors (Lipinski definition) is 2. The highest BCUT2D eigenvalue weighted by Gasteiger charge is 2.27. The van der Waals surface area contributed by atoms with E-state index < -0.39 is 0 Å². The SMILES string of the molecule is C[C@@H]1CNc2c(sc3ccc4nc(Oc5nc(Cl)ncc5C5COC5)cnc4c23)C(=O)N1. The summed E-state index contributed by atoms with van der Waals surface area (Å²) in [5, 5.41) is 7.38. The number of benzene rings is 1. The summed E-state index contributed by atoms with van der Waals surface area (Å²) < 4.78 is 12.2. The lowest BCUT2D eigenvalue weighted by molar-refractivity contribution is 0.00729. The number of halogens is 1. The predicted octanol–water partition coefficient (Wildman–Crippen LogP) is 3.74. The van der Waals surface area contributed by atoms with Crippen LogP contribution in [0, 0.1) is 0 Å². The molecule has 11 heteroatoms. The highest BCUT2D eigenvalue weighted by molar-refractivity contribution is 7.21. The number of ether oxygens (including phenoxy) is 2. The molecule has 1 amide bonds. The summed E-state index contributed by atoms with van der Waals surface area (Å²) in [7, 11) is 0. The number of amides is 1. The molecule has 5 heterocycles. The zero-order valence-electron chi connectivity index (χ0n) is 16.9. The smallest absolute Gasteiger partial charge is 0.263 e. The van der Waals surface area contributed by atoms with E-state index in [-0.39, 0.29) is 23.2 Å². The van der Waals surface area contributed by atoms with Crippen LogP contribution in [-0.2, 0) is 4.74 Å². The number of carbonyl (C=O) groups excluding carboxylic acids is 1. The quantitative estimate of drug-likeness (QED) is 0.437. The van der Waals surface area contributed by atoms with Gasteiger partial charge in [-0.05, 0) is 30.7 Å². The van der Waals surface area contributed by atoms with E-state index in [0.29, 0.717) is 47.4 Å². The zero-order chi connectivity index (χ0) is 21.8. The maximum atomic E-state index is 12.6. The summed E-state index contributed by atoms with van der Waals surface area (Å²) in [4.78, 5) is 30.8. The highest BCUT2D eigenvalue weighted by atomic mass is 35.5. The summed E-state index contributed by atoms with van der Waals surface area (Å²) in [6.45, 7) is 3.78. The third-order valence-corrected chi connectivity index (χ3v) is 6.88. The number of fused-ring (bicyclic) bond motifs is 5. The molecule has 1 saturated heterocycles. The Hall–Kier alpha value is -3.08. The van der Waals surface area contributed by atoms with Crippen molar-refractivity contribution in [3.63, 3.8) is 0 Å². The van der Waals surface area contributed by atoms with Crippen molar-refractivity contribution in [2.75, 3.05) is 25.1 Å². The number of carbonyl (C=O) groups is 1. The number of thiophene rings is 1. The van der Waals surface area contributed by atoms with Crippen LogP contribution in [0.25, 0.3) is 21.1 Å². The van der Waals surface area contributed by atoms with Crippen LogP contribution in [0.15, 0.2) is 24.5 Å². The summed E-state index contributed by atoms with van der Waals surface area (Å²) in [6, 6.07) is 3.86. The predicted molar refractivity (Wildman–Crippen MR) is 121 cm³/mol. The lowest BCUT2D eigenvalue weighted by Gasteiger charge is -2.26. The third kappa shape index (κ3) is 3.22. The lowest BCUT2D eigenvalue weighted by Crippen LogP contribution is -2.34. The van der Waals surface area contributed by atoms with Crippen molar-refractivity contribution in [3.05, 3.63) is 40.3 Å². The first-order valence-electron chi connectivity index (χ1n) is 10.1. The molecule has 1 fully saturated rings. The van der Waals surface area contributed by atoms with E-state index in [9.17, 15) is 4.79 Å². The van der Waals surface area contributed by atoms with Gasteiger partial charge in [-0.25, -0.2) is 15.0 Å². The number of rotatable bonds is 3. The van der Waals surface area contributed by atoms with Gasteiger partial charge in [-0.2, -0.15) is 4.98 Å². The maximum absolute atomic E-state index is 12.6. The molecule has 0 saturated carbocycles. The lowest BCUT2D eigenvalue weighted by atomic mass is 10.0. The van der Waals surface area contributed by atoms with Gasteiger partial charge in [0.25, 0.3) is 5.91 Å². The Labute approximate surface area is 191 Å². The van der Waals surface area contributed by atoms with Crippen molar-refractivity contribution in [2.24, 2.45) is 0 Å². The second kappa shape index (κ2) is 7.51. The van der Waals surface area contributed by atoms with E-state index in [0.717, 1.165) is 21.3 Å². The number of nitrogens with zero attached hydrogens (tertiary/aromatic N) is 4. The van der Waals surface area contributed by atoms with E-state index in [1.54, 1.807) is 12.4 Å². The third-order valence-electron chi connectivity index (χ3n) is 5.54. The Kier molecular flexibility index (Phi) is 4.60. The largest absolute Gasteiger partial charge is 0.419 e. The Morgan fingerprint density at radius 3 is 2.91 bits per heavy atom. The van der Waals surface area contributed by atoms with Gasteiger partial charge in [0.05, 0.1) is 36.1 Å². The summed E-state index contributed by atoms with van der Waals surface area (Å²) in [5.74, 6) is 0.739. The molecule has 0 spiro atoms. The van der Waals surface area contributed by atoms with Crippen molar-refractivity contribution < 1.29 is 14.3 Å². The van der Waals surface area contributed by atoms with Crippen LogP contribution < -0.4 is 15.4 Å². The Balaban J connectivity index is 1.42. The van der Waals surface area contributed by atoms with E-state index in [1.807, 2.05) is 19.1 Å². The van der Waals surface area contributed by atoms with Crippen LogP contribution in [-0.4, -0.2) is 51.6 Å². The number of nitrogens with one attached hydrogen (secondary N) is 2. The van der Waals surface area contributed by atoms with Gasteiger partial charge in [0, 0.05) is 40.4 Å². The van der Waals surface area contributed by atoms with Crippen LogP contribution in [0.5, 0.6) is 11.8 Å². The molecule has 9 nitrogen and oxygen atoms in total. The van der Waals surface area contributed by atoms with Crippen LogP contribution in [0.3, 0.4) is 0 Å². The number of anilines is 1. The van der Waals surface area contributed by atoms with Crippen LogP contribution in [0.2, 0.25) is 5.28 Å². The molecule has 2 aliphatic rings. The first kappa shape index (κ1) is 19.6. The zero-order valence-corrected chi connectivity index (χ0v) is 18.5. The summed E-state index contributed by atoms with van der Waals surface area (Å²) in [6.07, 6.45) is 3.22. The van der Waals surface area contributed by atoms with Gasteiger partial charge < -0.3 is 20.1 Å². The first-order valence-corrected chi connectivity index (χ1v) is 11.3. The van der Waals surface area contributed by atoms with Crippen molar-refractivity contribution in [1.29, 1.82) is 0 Å². The molecular formula is C21H17ClN6O3S. The van der Waals surface area contributed by atoms with Crippen molar-refractivity contribution in [2.45, 2.75) is 18.9 Å². The molecular weight excluding hydrogens is 452 g/mol. The summed E-state index contributed by atoms with van der Waals surface area (Å²) in [5.41, 5.74) is 2.99. The monoisotopic (exact) mass is 468 g/mol. The summed E-state index contributed by atoms with van der Waals surface area (Å²) >= 11 is 7.44. The topological polar surface area (TPSA) is 111 Å². The second-order valence-corrected chi connectivity index (χ2v) is 9.20. The van der Waals surface area contributed by atoms with Gasteiger partial charge in [-0.1, -0.05) is 0 Å². The van der Waals surface area contributed by atoms with Gasteiger partial charge in [-0.15, -0.1) is 11.3 Å². The minimum absolute atomic E-state index is 0.0353. The molecule has 3 aromatic heterocycles. The fraction of sp³-hybridized carbons (Fsp3) is 0.286. The average Bonchev–Trinajstić information content (AvgIpc) is 3.05. The minimum atomic E-state index is -0.0760. The molecule has 6 rings (SSSR count). The Morgan fingerprint density at radius 1 is 1.22 bits per heavy atom. The maximum Gasteiger partial charge on any atom is 0.263 e. The molecule has 0 bridgehead atoms. The van der Waals surface area contributed by atoms with E-state index in [4.69, 9.17) is 21.1 Å². The molecule has 0 aliphatic carbocycles. The number of hydrogen-bond acceptors (Lipinski definition) is 9. The molecule has 0 unspecified atom stereocenters. The van der Waals surface area contributed by atoms with Gasteiger partial charge >= 0.3 is 0 Å². The molecule has 1 atom stereocenters. The second-order valence-electron chi connectivity index (χ2n) is 7.81. The molecule has 4 aromatic rings. The molecule has 32 heavy (non-hydrogen) atoms. The van der Waals surface area contributed by atoms with Crippen LogP contribution in [0.1, 0.15) is 28.1 Å². The van der Waals surface area contributed by atoms with Gasteiger partial charge in [-0.3, -0.25) is 4.79 Å². The Morgan fingerprint density at radius 2 is 2.09 bits per heavy atom. The standard InChI is InChI=1S/C21H17ClN6O3S/c1-9-4-23-17-15-13(32-18(17)19(29)26-9)3-2-12-16(15)24-6-14(27-12)31-20-11(10-7-30-8-10)5-25-21(22)28-20/h2-3,5-6,9-10,23H,4,7-8H2,1H3,(H,26,29)/t9-/m1/s1.